The van der Waals surface area contributed by atoms with Crippen LogP contribution < -0.4 is 15.3 Å². The van der Waals surface area contributed by atoms with Crippen molar-refractivity contribution in [2.24, 2.45) is 0 Å². The van der Waals surface area contributed by atoms with Crippen molar-refractivity contribution in [3.63, 3.8) is 0 Å². The average molecular weight is 274 g/mol. The van der Waals surface area contributed by atoms with Crippen LogP contribution in [-0.2, 0) is 17.1 Å². The molecule has 0 aromatic heterocycles. The van der Waals surface area contributed by atoms with Crippen LogP contribution in [0, 0.1) is 0 Å². The summed E-state index contributed by atoms with van der Waals surface area (Å²) in [7, 11) is 0. The maximum atomic E-state index is 10.1. The molecule has 0 unspecified atom stereocenters. The molecule has 0 heterocycles. The molecule has 100 valence electrons. The van der Waals surface area contributed by atoms with Crippen molar-refractivity contribution < 1.29 is 32.4 Å². The van der Waals surface area contributed by atoms with E-state index in [0.717, 1.165) is 0 Å². The van der Waals surface area contributed by atoms with Crippen LogP contribution in [0.4, 0.5) is 0 Å². The zero-order valence-electron chi connectivity index (χ0n) is 12.1. The molecule has 0 saturated heterocycles. The Balaban J connectivity index is -0.0000000655. The van der Waals surface area contributed by atoms with E-state index in [-0.39, 0.29) is 17.1 Å². The molecule has 0 fully saturated rings. The summed E-state index contributed by atoms with van der Waals surface area (Å²) < 4.78 is 0. The van der Waals surface area contributed by atoms with Gasteiger partial charge in [-0.2, -0.15) is 0 Å². The van der Waals surface area contributed by atoms with Crippen molar-refractivity contribution in [2.45, 2.75) is 79.1 Å². The Morgan fingerprint density at radius 1 is 0.438 bits per heavy atom. The van der Waals surface area contributed by atoms with Crippen LogP contribution in [-0.4, -0.2) is 16.8 Å². The third kappa shape index (κ3) is 16200. The van der Waals surface area contributed by atoms with Crippen molar-refractivity contribution in [3.05, 3.63) is 0 Å². The second-order valence-electron chi connectivity index (χ2n) is 6.34. The molecule has 0 aliphatic rings. The summed E-state index contributed by atoms with van der Waals surface area (Å²) in [6.07, 6.45) is 0. The van der Waals surface area contributed by atoms with Crippen LogP contribution in [0.15, 0.2) is 0 Å². The summed E-state index contributed by atoms with van der Waals surface area (Å²) in [4.78, 5) is 0. The SMILES string of the molecule is CC(C)(C)[O-].CC(C)(C)[O-].CC(C)(C)[O-].[Mn+3]. The summed E-state index contributed by atoms with van der Waals surface area (Å²) in [5.74, 6) is 0. The molecule has 0 spiro atoms. The molecule has 3 nitrogen and oxygen atoms in total. The van der Waals surface area contributed by atoms with Crippen LogP contribution in [0.25, 0.3) is 0 Å². The summed E-state index contributed by atoms with van der Waals surface area (Å²) in [5, 5.41) is 30.3. The van der Waals surface area contributed by atoms with Crippen molar-refractivity contribution in [1.29, 1.82) is 0 Å². The number of hydrogen-bond donors (Lipinski definition) is 0. The smallest absolute Gasteiger partial charge is 0.850 e. The van der Waals surface area contributed by atoms with E-state index in [1.165, 1.54) is 0 Å². The van der Waals surface area contributed by atoms with Gasteiger partial charge in [0, 0.05) is 0 Å². The molecule has 0 aromatic rings. The van der Waals surface area contributed by atoms with Crippen LogP contribution in [0.1, 0.15) is 62.3 Å². The number of rotatable bonds is 0. The molecule has 0 bridgehead atoms. The van der Waals surface area contributed by atoms with Crippen molar-refractivity contribution >= 4 is 0 Å². The molecule has 0 radical (unpaired) electrons. The van der Waals surface area contributed by atoms with Gasteiger partial charge in [-0.15, -0.1) is 16.8 Å². The van der Waals surface area contributed by atoms with Gasteiger partial charge < -0.3 is 15.3 Å². The van der Waals surface area contributed by atoms with Gasteiger partial charge in [0.15, 0.2) is 0 Å². The first kappa shape index (κ1) is 25.3. The predicted octanol–water partition coefficient (Wildman–Crippen LogP) is 0.433. The monoisotopic (exact) mass is 274 g/mol. The average Bonchev–Trinajstić information content (AvgIpc) is 1.41. The van der Waals surface area contributed by atoms with Gasteiger partial charge in [0.1, 0.15) is 0 Å². The first-order chi connectivity index (χ1) is 6.00. The fourth-order valence-electron chi connectivity index (χ4n) is 0. The fraction of sp³-hybridized carbons (Fsp3) is 1.00. The Morgan fingerprint density at radius 3 is 0.438 bits per heavy atom. The van der Waals surface area contributed by atoms with Crippen LogP contribution in [0.5, 0.6) is 0 Å². The van der Waals surface area contributed by atoms with Gasteiger partial charge in [0.25, 0.3) is 0 Å². The Labute approximate surface area is 112 Å². The van der Waals surface area contributed by atoms with E-state index in [2.05, 4.69) is 0 Å². The normalized spacial score (nSPS) is 11.2. The van der Waals surface area contributed by atoms with Gasteiger partial charge in [0.2, 0.25) is 0 Å². The molecule has 4 heteroatoms. The van der Waals surface area contributed by atoms with Gasteiger partial charge in [0.05, 0.1) is 0 Å². The summed E-state index contributed by atoms with van der Waals surface area (Å²) >= 11 is 0. The summed E-state index contributed by atoms with van der Waals surface area (Å²) in [6, 6.07) is 0. The third-order valence-corrected chi connectivity index (χ3v) is 0. The largest absolute Gasteiger partial charge is 3.00 e. The molecule has 0 amide bonds. The van der Waals surface area contributed by atoms with Crippen molar-refractivity contribution in [3.8, 4) is 0 Å². The van der Waals surface area contributed by atoms with Crippen LogP contribution in [0.2, 0.25) is 0 Å². The minimum absolute atomic E-state index is 0. The third-order valence-electron chi connectivity index (χ3n) is 0. The Hall–Kier alpha value is 0.399. The molecule has 0 N–H and O–H groups in total. The predicted molar refractivity (Wildman–Crippen MR) is 59.3 cm³/mol. The van der Waals surface area contributed by atoms with E-state index in [4.69, 9.17) is 0 Å². The molecule has 0 aliphatic heterocycles. The van der Waals surface area contributed by atoms with Gasteiger partial charge in [-0.25, -0.2) is 0 Å². The van der Waals surface area contributed by atoms with E-state index in [9.17, 15) is 15.3 Å². The van der Waals surface area contributed by atoms with Gasteiger partial charge in [-0.05, 0) is 0 Å². The summed E-state index contributed by atoms with van der Waals surface area (Å²) in [5.41, 5.74) is -2.25. The molecule has 0 saturated carbocycles. The van der Waals surface area contributed by atoms with E-state index >= 15 is 0 Å². The van der Waals surface area contributed by atoms with E-state index in [1.54, 1.807) is 62.3 Å². The molecule has 0 atom stereocenters. The molecule has 16 heavy (non-hydrogen) atoms. The Kier molecular flexibility index (Phi) is 14.9. The van der Waals surface area contributed by atoms with Gasteiger partial charge in [-0.3, -0.25) is 0 Å². The molecular formula is C12H27MnO3. The number of hydrogen-bond acceptors (Lipinski definition) is 3. The van der Waals surface area contributed by atoms with Gasteiger partial charge >= 0.3 is 17.1 Å². The van der Waals surface area contributed by atoms with E-state index < -0.39 is 16.8 Å². The second kappa shape index (κ2) is 9.43. The maximum absolute atomic E-state index is 10.1. The van der Waals surface area contributed by atoms with E-state index in [0.29, 0.717) is 0 Å². The molecule has 0 aliphatic carbocycles. The first-order valence-electron chi connectivity index (χ1n) is 5.11. The zero-order chi connectivity index (χ0) is 13.5. The van der Waals surface area contributed by atoms with Crippen molar-refractivity contribution in [2.75, 3.05) is 0 Å². The van der Waals surface area contributed by atoms with Crippen molar-refractivity contribution in [1.82, 2.24) is 0 Å². The Bertz CT molecular complexity index is 91.3. The summed E-state index contributed by atoms with van der Waals surface area (Å²) in [6.45, 7) is 14.7. The molecule has 0 rings (SSSR count). The van der Waals surface area contributed by atoms with E-state index in [1.807, 2.05) is 0 Å². The maximum Gasteiger partial charge on any atom is 3.00 e. The molecule has 0 aromatic carbocycles. The Morgan fingerprint density at radius 2 is 0.438 bits per heavy atom. The van der Waals surface area contributed by atoms with Gasteiger partial charge in [-0.1, -0.05) is 62.3 Å². The standard InChI is InChI=1S/3C4H9O.Mn/c3*1-4(2,3)5;/h3*1-3H3;/q3*-1;+3. The zero-order valence-corrected chi connectivity index (χ0v) is 13.3. The fourth-order valence-corrected chi connectivity index (χ4v) is 0. The second-order valence-corrected chi connectivity index (χ2v) is 6.34. The topological polar surface area (TPSA) is 69.2 Å². The van der Waals surface area contributed by atoms with Crippen LogP contribution in [0.3, 0.4) is 0 Å². The minimum atomic E-state index is -0.750. The van der Waals surface area contributed by atoms with Crippen LogP contribution >= 0.6 is 0 Å². The molecular weight excluding hydrogens is 247 g/mol. The quantitative estimate of drug-likeness (QED) is 0.602. The first-order valence-corrected chi connectivity index (χ1v) is 5.11. The minimum Gasteiger partial charge on any atom is -0.850 e.